The highest BCUT2D eigenvalue weighted by Gasteiger charge is 2.27. The Morgan fingerprint density at radius 1 is 1.18 bits per heavy atom. The number of hydrogen-bond acceptors (Lipinski definition) is 2. The van der Waals surface area contributed by atoms with E-state index in [1.165, 1.54) is 6.07 Å². The number of piperazine rings is 1. The van der Waals surface area contributed by atoms with Crippen LogP contribution >= 0.6 is 0 Å². The lowest BCUT2D eigenvalue weighted by atomic mass is 10.1. The van der Waals surface area contributed by atoms with Crippen LogP contribution in [0.1, 0.15) is 5.56 Å². The maximum absolute atomic E-state index is 12.3. The van der Waals surface area contributed by atoms with Crippen molar-refractivity contribution in [1.82, 2.24) is 5.32 Å². The molecule has 0 aliphatic carbocycles. The molecule has 1 heterocycles. The molecule has 0 radical (unpaired) electrons. The number of halogens is 3. The molecule has 1 aliphatic heterocycles. The second kappa shape index (κ2) is 4.96. The van der Waals surface area contributed by atoms with Gasteiger partial charge in [-0.05, 0) is 17.7 Å². The quantitative estimate of drug-likeness (QED) is 0.858. The number of nitrogens with one attached hydrogen (secondary N) is 1. The molecule has 1 aromatic carbocycles. The molecule has 0 unspecified atom stereocenters. The molecule has 1 N–H and O–H groups in total. The van der Waals surface area contributed by atoms with Crippen molar-refractivity contribution in [2.75, 3.05) is 31.1 Å². The van der Waals surface area contributed by atoms with Crippen LogP contribution in [0, 0.1) is 0 Å². The molecule has 1 aromatic rings. The Kier molecular flexibility index (Phi) is 3.57. The maximum Gasteiger partial charge on any atom is 0.393 e. The Balaban J connectivity index is 2.10. The van der Waals surface area contributed by atoms with E-state index in [1.54, 1.807) is 12.1 Å². The van der Waals surface area contributed by atoms with Crippen LogP contribution < -0.4 is 10.2 Å². The third-order valence-electron chi connectivity index (χ3n) is 2.80. The summed E-state index contributed by atoms with van der Waals surface area (Å²) in [4.78, 5) is 2.11. The van der Waals surface area contributed by atoms with Gasteiger partial charge in [0.15, 0.2) is 0 Å². The van der Waals surface area contributed by atoms with Gasteiger partial charge in [-0.1, -0.05) is 12.1 Å². The van der Waals surface area contributed by atoms with E-state index in [-0.39, 0.29) is 0 Å². The summed E-state index contributed by atoms with van der Waals surface area (Å²) in [5.74, 6) is 0. The molecule has 94 valence electrons. The first-order valence-corrected chi connectivity index (χ1v) is 5.66. The topological polar surface area (TPSA) is 15.3 Å². The zero-order valence-corrected chi connectivity index (χ0v) is 9.43. The molecular formula is C12H15F3N2. The lowest BCUT2D eigenvalue weighted by Gasteiger charge is -2.29. The standard InChI is InChI=1S/C12H15F3N2/c13-12(14,15)9-10-2-1-3-11(8-10)17-6-4-16-5-7-17/h1-3,8,16H,4-7,9H2. The predicted molar refractivity (Wildman–Crippen MR) is 61.3 cm³/mol. The number of rotatable bonds is 2. The summed E-state index contributed by atoms with van der Waals surface area (Å²) < 4.78 is 36.9. The summed E-state index contributed by atoms with van der Waals surface area (Å²) in [7, 11) is 0. The van der Waals surface area contributed by atoms with E-state index in [9.17, 15) is 13.2 Å². The van der Waals surface area contributed by atoms with E-state index in [0.29, 0.717) is 5.56 Å². The van der Waals surface area contributed by atoms with Gasteiger partial charge in [0.25, 0.3) is 0 Å². The van der Waals surface area contributed by atoms with Crippen molar-refractivity contribution >= 4 is 5.69 Å². The third kappa shape index (κ3) is 3.63. The number of anilines is 1. The Morgan fingerprint density at radius 2 is 1.88 bits per heavy atom. The fourth-order valence-corrected chi connectivity index (χ4v) is 2.02. The van der Waals surface area contributed by atoms with E-state index < -0.39 is 12.6 Å². The van der Waals surface area contributed by atoms with Crippen molar-refractivity contribution in [3.63, 3.8) is 0 Å². The van der Waals surface area contributed by atoms with Gasteiger partial charge in [0.05, 0.1) is 6.42 Å². The van der Waals surface area contributed by atoms with E-state index in [2.05, 4.69) is 10.2 Å². The van der Waals surface area contributed by atoms with Gasteiger partial charge in [-0.15, -0.1) is 0 Å². The monoisotopic (exact) mass is 244 g/mol. The normalized spacial score (nSPS) is 17.2. The van der Waals surface area contributed by atoms with E-state index in [1.807, 2.05) is 6.07 Å². The zero-order chi connectivity index (χ0) is 12.3. The molecule has 1 fully saturated rings. The average molecular weight is 244 g/mol. The molecule has 1 aliphatic rings. The Morgan fingerprint density at radius 3 is 2.53 bits per heavy atom. The largest absolute Gasteiger partial charge is 0.393 e. The summed E-state index contributed by atoms with van der Waals surface area (Å²) in [5, 5.41) is 3.22. The Bertz CT molecular complexity index is 370. The smallest absolute Gasteiger partial charge is 0.369 e. The molecule has 0 saturated carbocycles. The van der Waals surface area contributed by atoms with Crippen LogP contribution in [0.3, 0.4) is 0 Å². The van der Waals surface area contributed by atoms with Crippen molar-refractivity contribution in [1.29, 1.82) is 0 Å². The van der Waals surface area contributed by atoms with Crippen molar-refractivity contribution in [3.05, 3.63) is 29.8 Å². The highest BCUT2D eigenvalue weighted by molar-refractivity contribution is 5.49. The minimum Gasteiger partial charge on any atom is -0.369 e. The van der Waals surface area contributed by atoms with Gasteiger partial charge in [-0.25, -0.2) is 0 Å². The SMILES string of the molecule is FC(F)(F)Cc1cccc(N2CCNCC2)c1. The number of alkyl halides is 3. The maximum atomic E-state index is 12.3. The summed E-state index contributed by atoms with van der Waals surface area (Å²) >= 11 is 0. The fraction of sp³-hybridized carbons (Fsp3) is 0.500. The van der Waals surface area contributed by atoms with Crippen molar-refractivity contribution in [3.8, 4) is 0 Å². The summed E-state index contributed by atoms with van der Waals surface area (Å²) in [6.45, 7) is 3.44. The summed E-state index contributed by atoms with van der Waals surface area (Å²) in [6.07, 6.45) is -4.99. The Labute approximate surface area is 98.4 Å². The molecule has 0 spiro atoms. The third-order valence-corrected chi connectivity index (χ3v) is 2.80. The molecule has 5 heteroatoms. The van der Waals surface area contributed by atoms with Gasteiger partial charge in [-0.2, -0.15) is 13.2 Å². The summed E-state index contributed by atoms with van der Waals surface area (Å²) in [6, 6.07) is 6.72. The number of benzene rings is 1. The molecular weight excluding hydrogens is 229 g/mol. The van der Waals surface area contributed by atoms with Gasteiger partial charge in [0.1, 0.15) is 0 Å². The molecule has 0 bridgehead atoms. The highest BCUT2D eigenvalue weighted by atomic mass is 19.4. The van der Waals surface area contributed by atoms with Gasteiger partial charge in [0.2, 0.25) is 0 Å². The van der Waals surface area contributed by atoms with E-state index in [0.717, 1.165) is 31.9 Å². The molecule has 1 saturated heterocycles. The van der Waals surface area contributed by atoms with Crippen LogP contribution in [0.4, 0.5) is 18.9 Å². The first-order chi connectivity index (χ1) is 8.04. The minimum absolute atomic E-state index is 0.327. The van der Waals surface area contributed by atoms with Crippen molar-refractivity contribution < 1.29 is 13.2 Å². The average Bonchev–Trinajstić information content (AvgIpc) is 2.28. The second-order valence-electron chi connectivity index (χ2n) is 4.20. The number of nitrogens with zero attached hydrogens (tertiary/aromatic N) is 1. The van der Waals surface area contributed by atoms with Crippen LogP contribution in [-0.4, -0.2) is 32.4 Å². The first-order valence-electron chi connectivity index (χ1n) is 5.66. The van der Waals surface area contributed by atoms with Crippen LogP contribution in [-0.2, 0) is 6.42 Å². The number of hydrogen-bond donors (Lipinski definition) is 1. The van der Waals surface area contributed by atoms with Crippen LogP contribution in [0.2, 0.25) is 0 Å². The Hall–Kier alpha value is -1.23. The van der Waals surface area contributed by atoms with Gasteiger partial charge in [-0.3, -0.25) is 0 Å². The van der Waals surface area contributed by atoms with Crippen LogP contribution in [0.5, 0.6) is 0 Å². The molecule has 0 amide bonds. The first kappa shape index (κ1) is 12.2. The fourth-order valence-electron chi connectivity index (χ4n) is 2.02. The van der Waals surface area contributed by atoms with E-state index in [4.69, 9.17) is 0 Å². The van der Waals surface area contributed by atoms with E-state index >= 15 is 0 Å². The van der Waals surface area contributed by atoms with Gasteiger partial charge in [0, 0.05) is 31.9 Å². The molecule has 17 heavy (non-hydrogen) atoms. The molecule has 2 nitrogen and oxygen atoms in total. The predicted octanol–water partition coefficient (Wildman–Crippen LogP) is 2.20. The molecule has 0 aromatic heterocycles. The summed E-state index contributed by atoms with van der Waals surface area (Å²) in [5.41, 5.74) is 1.21. The lowest BCUT2D eigenvalue weighted by molar-refractivity contribution is -0.127. The van der Waals surface area contributed by atoms with Crippen LogP contribution in [0.25, 0.3) is 0 Å². The molecule has 2 rings (SSSR count). The van der Waals surface area contributed by atoms with Crippen molar-refractivity contribution in [2.24, 2.45) is 0 Å². The molecule has 0 atom stereocenters. The minimum atomic E-state index is -4.14. The van der Waals surface area contributed by atoms with Crippen LogP contribution in [0.15, 0.2) is 24.3 Å². The lowest BCUT2D eigenvalue weighted by Crippen LogP contribution is -2.43. The van der Waals surface area contributed by atoms with Gasteiger partial charge >= 0.3 is 6.18 Å². The zero-order valence-electron chi connectivity index (χ0n) is 9.43. The highest BCUT2D eigenvalue weighted by Crippen LogP contribution is 2.24. The van der Waals surface area contributed by atoms with Crippen molar-refractivity contribution in [2.45, 2.75) is 12.6 Å². The van der Waals surface area contributed by atoms with Gasteiger partial charge < -0.3 is 10.2 Å². The second-order valence-corrected chi connectivity index (χ2v) is 4.20.